The Balaban J connectivity index is 0.000000228. The molecule has 0 aliphatic carbocycles. The second-order valence-electron chi connectivity index (χ2n) is 4.91. The van der Waals surface area contributed by atoms with Gasteiger partial charge in [0.15, 0.2) is 23.0 Å². The Morgan fingerprint density at radius 2 is 1.60 bits per heavy atom. The van der Waals surface area contributed by atoms with Crippen molar-refractivity contribution < 1.29 is 35.1 Å². The highest BCUT2D eigenvalue weighted by atomic mass is 16.5. The normalized spacial score (nSPS) is 11.8. The van der Waals surface area contributed by atoms with Gasteiger partial charge in [-0.05, 0) is 18.7 Å². The highest BCUT2D eigenvalue weighted by molar-refractivity contribution is 6.02. The molecule has 0 saturated carbocycles. The predicted molar refractivity (Wildman–Crippen MR) is 90.4 cm³/mol. The molecule has 1 aliphatic heterocycles. The fourth-order valence-electron chi connectivity index (χ4n) is 1.88. The molecule has 7 N–H and O–H groups in total. The minimum absolute atomic E-state index is 0.106. The molecule has 0 atom stereocenters. The van der Waals surface area contributed by atoms with E-state index in [2.05, 4.69) is 0 Å². The summed E-state index contributed by atoms with van der Waals surface area (Å²) in [7, 11) is 0. The summed E-state index contributed by atoms with van der Waals surface area (Å²) in [6.45, 7) is 2.95. The second-order valence-corrected chi connectivity index (χ2v) is 4.91. The molecule has 0 amide bonds. The molecule has 1 heterocycles. The molecule has 0 fully saturated rings. The molecular weight excluding hydrogens is 330 g/mol. The van der Waals surface area contributed by atoms with Gasteiger partial charge in [-0.15, -0.1) is 0 Å². The minimum atomic E-state index is -0.475. The maximum absolute atomic E-state index is 11.3. The lowest BCUT2D eigenvalue weighted by molar-refractivity contribution is 0.0929. The summed E-state index contributed by atoms with van der Waals surface area (Å²) in [6, 6.07) is 6.46. The molecule has 1 aliphatic rings. The molecule has 0 radical (unpaired) electrons. The van der Waals surface area contributed by atoms with Gasteiger partial charge in [-0.3, -0.25) is 4.79 Å². The number of fused-ring (bicyclic) bond motifs is 1. The summed E-state index contributed by atoms with van der Waals surface area (Å²) in [6.07, 6.45) is 0.269. The number of ether oxygens (including phenoxy) is 1. The molecule has 0 bridgehead atoms. The zero-order chi connectivity index (χ0) is 19.0. The first-order chi connectivity index (χ1) is 11.8. The highest BCUT2D eigenvalue weighted by Crippen LogP contribution is 2.36. The largest absolute Gasteiger partial charge is 0.508 e. The summed E-state index contributed by atoms with van der Waals surface area (Å²) in [5, 5.41) is 44.5. The number of phenols is 5. The molecule has 8 heteroatoms. The van der Waals surface area contributed by atoms with Gasteiger partial charge >= 0.3 is 0 Å². The van der Waals surface area contributed by atoms with Gasteiger partial charge in [0.1, 0.15) is 22.8 Å². The number of carbonyl (C=O) groups excluding carboxylic acids is 1. The van der Waals surface area contributed by atoms with Crippen molar-refractivity contribution in [2.24, 2.45) is 5.73 Å². The van der Waals surface area contributed by atoms with E-state index in [4.69, 9.17) is 30.9 Å². The van der Waals surface area contributed by atoms with Crippen LogP contribution in [0.15, 0.2) is 30.3 Å². The molecular formula is C17H21NO7. The number of hydrogen-bond acceptors (Lipinski definition) is 8. The molecule has 0 spiro atoms. The van der Waals surface area contributed by atoms with E-state index in [1.807, 2.05) is 6.92 Å². The Morgan fingerprint density at radius 1 is 1.04 bits per heavy atom. The van der Waals surface area contributed by atoms with Gasteiger partial charge in [-0.25, -0.2) is 0 Å². The Hall–Kier alpha value is -3.13. The summed E-state index contributed by atoms with van der Waals surface area (Å²) >= 11 is 0. The molecule has 0 unspecified atom stereocenters. The van der Waals surface area contributed by atoms with Crippen LogP contribution in [0.25, 0.3) is 0 Å². The van der Waals surface area contributed by atoms with Gasteiger partial charge in [0.25, 0.3) is 0 Å². The number of phenolic OH excluding ortho intramolecular Hbond substituents is 5. The average molecular weight is 351 g/mol. The van der Waals surface area contributed by atoms with Crippen molar-refractivity contribution in [1.29, 1.82) is 0 Å². The molecule has 0 aromatic heterocycles. The van der Waals surface area contributed by atoms with Crippen LogP contribution >= 0.6 is 0 Å². The van der Waals surface area contributed by atoms with Crippen molar-refractivity contribution in [2.75, 3.05) is 13.2 Å². The lowest BCUT2D eigenvalue weighted by Gasteiger charge is -2.16. The number of carbonyl (C=O) groups is 1. The average Bonchev–Trinajstić information content (AvgIpc) is 2.53. The van der Waals surface area contributed by atoms with Gasteiger partial charge in [0.2, 0.25) is 0 Å². The third kappa shape index (κ3) is 5.47. The first-order valence-electron chi connectivity index (χ1n) is 7.43. The van der Waals surface area contributed by atoms with Crippen molar-refractivity contribution >= 4 is 5.78 Å². The Morgan fingerprint density at radius 3 is 2.12 bits per heavy atom. The lowest BCUT2D eigenvalue weighted by Crippen LogP contribution is -2.15. The molecule has 2 aromatic carbocycles. The van der Waals surface area contributed by atoms with Gasteiger partial charge < -0.3 is 36.0 Å². The summed E-state index contributed by atoms with van der Waals surface area (Å²) in [4.78, 5) is 11.3. The fraction of sp³-hybridized carbons (Fsp3) is 0.235. The summed E-state index contributed by atoms with van der Waals surface area (Å²) < 4.78 is 5.11. The Labute approximate surface area is 144 Å². The van der Waals surface area contributed by atoms with E-state index in [0.29, 0.717) is 6.61 Å². The van der Waals surface area contributed by atoms with Crippen LogP contribution < -0.4 is 10.5 Å². The zero-order valence-electron chi connectivity index (χ0n) is 13.6. The van der Waals surface area contributed by atoms with Gasteiger partial charge in [0.05, 0.1) is 6.61 Å². The van der Waals surface area contributed by atoms with Crippen molar-refractivity contribution in [3.63, 3.8) is 0 Å². The number of Topliss-reactive ketones (excluding diaryl/α,β-unsaturated/α-hetero) is 1. The van der Waals surface area contributed by atoms with Gasteiger partial charge in [-0.1, -0.05) is 13.0 Å². The van der Waals surface area contributed by atoms with Crippen LogP contribution in [0.3, 0.4) is 0 Å². The number of benzene rings is 2. The number of aromatic hydroxyl groups is 5. The van der Waals surface area contributed by atoms with E-state index in [-0.39, 0.29) is 46.5 Å². The molecule has 0 saturated heterocycles. The topological polar surface area (TPSA) is 153 Å². The predicted octanol–water partition coefficient (Wildman–Crippen LogP) is 1.83. The van der Waals surface area contributed by atoms with E-state index in [0.717, 1.165) is 12.6 Å². The molecule has 25 heavy (non-hydrogen) atoms. The van der Waals surface area contributed by atoms with Crippen LogP contribution in [0.5, 0.6) is 34.5 Å². The zero-order valence-corrected chi connectivity index (χ0v) is 13.6. The quantitative estimate of drug-likeness (QED) is 0.393. The standard InChI is InChI=1S/C9H8O4.C6H6O3.C2H7N/c10-5-3-7(12)9-6(11)1-2-13-8(9)4-5;7-4-2-1-3-5(8)6(4)9;1-2-3/h3-4,10,12H,1-2H2;1-3,7-9H;2-3H2,1H3. The first-order valence-corrected chi connectivity index (χ1v) is 7.43. The second kappa shape index (κ2) is 9.24. The number of para-hydroxylation sites is 1. The van der Waals surface area contributed by atoms with Crippen LogP contribution in [-0.2, 0) is 0 Å². The third-order valence-corrected chi connectivity index (χ3v) is 2.93. The smallest absolute Gasteiger partial charge is 0.200 e. The molecule has 3 rings (SSSR count). The molecule has 136 valence electrons. The van der Waals surface area contributed by atoms with E-state index in [9.17, 15) is 9.90 Å². The van der Waals surface area contributed by atoms with Crippen LogP contribution in [-0.4, -0.2) is 44.5 Å². The number of rotatable bonds is 0. The van der Waals surface area contributed by atoms with Gasteiger partial charge in [0, 0.05) is 18.6 Å². The van der Waals surface area contributed by atoms with E-state index >= 15 is 0 Å². The number of nitrogens with two attached hydrogens (primary N) is 1. The maximum Gasteiger partial charge on any atom is 0.200 e. The highest BCUT2D eigenvalue weighted by Gasteiger charge is 2.22. The van der Waals surface area contributed by atoms with Crippen molar-refractivity contribution in [3.8, 4) is 34.5 Å². The van der Waals surface area contributed by atoms with E-state index in [1.54, 1.807) is 0 Å². The van der Waals surface area contributed by atoms with Crippen LogP contribution in [0.4, 0.5) is 0 Å². The Bertz CT molecular complexity index is 711. The number of hydrogen-bond donors (Lipinski definition) is 6. The summed E-state index contributed by atoms with van der Waals surface area (Å²) in [5.41, 5.74) is 5.02. The lowest BCUT2D eigenvalue weighted by atomic mass is 10.0. The molecule has 2 aromatic rings. The van der Waals surface area contributed by atoms with Gasteiger partial charge in [-0.2, -0.15) is 0 Å². The number of ketones is 1. The third-order valence-electron chi connectivity index (χ3n) is 2.93. The summed E-state index contributed by atoms with van der Waals surface area (Å²) in [5.74, 6) is -1.32. The maximum atomic E-state index is 11.3. The van der Waals surface area contributed by atoms with Crippen LogP contribution in [0.2, 0.25) is 0 Å². The van der Waals surface area contributed by atoms with Crippen molar-refractivity contribution in [2.45, 2.75) is 13.3 Å². The van der Waals surface area contributed by atoms with E-state index in [1.165, 1.54) is 24.3 Å². The monoisotopic (exact) mass is 351 g/mol. The van der Waals surface area contributed by atoms with Crippen LogP contribution in [0, 0.1) is 0 Å². The SMILES string of the molecule is CCN.O=C1CCOc2cc(O)cc(O)c21.Oc1cccc(O)c1O. The molecule has 8 nitrogen and oxygen atoms in total. The van der Waals surface area contributed by atoms with Crippen molar-refractivity contribution in [3.05, 3.63) is 35.9 Å². The van der Waals surface area contributed by atoms with Crippen LogP contribution in [0.1, 0.15) is 23.7 Å². The Kier molecular flexibility index (Phi) is 7.36. The fourth-order valence-corrected chi connectivity index (χ4v) is 1.88. The first kappa shape index (κ1) is 19.9. The minimum Gasteiger partial charge on any atom is -0.508 e. The van der Waals surface area contributed by atoms with E-state index < -0.39 is 5.75 Å². The van der Waals surface area contributed by atoms with Crippen molar-refractivity contribution in [1.82, 2.24) is 0 Å².